The third-order valence-corrected chi connectivity index (χ3v) is 3.35. The van der Waals surface area contributed by atoms with Gasteiger partial charge in [0.05, 0.1) is 25.2 Å². The molecule has 5 heteroatoms. The number of hydrogen-bond donors (Lipinski definition) is 1. The fourth-order valence-electron chi connectivity index (χ4n) is 1.81. The van der Waals surface area contributed by atoms with Crippen molar-refractivity contribution in [2.75, 3.05) is 33.0 Å². The van der Waals surface area contributed by atoms with E-state index >= 15 is 0 Å². The van der Waals surface area contributed by atoms with Crippen LogP contribution < -0.4 is 5.32 Å². The maximum Gasteiger partial charge on any atom is 0.228 e. The second-order valence-electron chi connectivity index (χ2n) is 6.49. The Hall–Kier alpha value is -0.940. The van der Waals surface area contributed by atoms with E-state index in [1.807, 2.05) is 41.5 Å². The van der Waals surface area contributed by atoms with Crippen molar-refractivity contribution < 1.29 is 19.1 Å². The van der Waals surface area contributed by atoms with Crippen LogP contribution in [0.2, 0.25) is 0 Å². The molecule has 0 aromatic rings. The number of ether oxygens (including phenoxy) is 2. The first-order valence-corrected chi connectivity index (χ1v) is 7.64. The van der Waals surface area contributed by atoms with Gasteiger partial charge in [-0.25, -0.2) is 0 Å². The molecule has 0 saturated carbocycles. The first-order chi connectivity index (χ1) is 9.67. The number of carbonyl (C=O) groups is 2. The molecule has 0 aromatic carbocycles. The Balaban J connectivity index is 4.17. The summed E-state index contributed by atoms with van der Waals surface area (Å²) in [4.78, 5) is 23.8. The lowest BCUT2D eigenvalue weighted by Gasteiger charge is -2.27. The van der Waals surface area contributed by atoms with Gasteiger partial charge in [0, 0.05) is 25.0 Å². The molecule has 0 unspecified atom stereocenters. The second kappa shape index (κ2) is 9.15. The van der Waals surface area contributed by atoms with E-state index in [-0.39, 0.29) is 18.3 Å². The summed E-state index contributed by atoms with van der Waals surface area (Å²) in [6.45, 7) is 13.4. The average Bonchev–Trinajstić information content (AvgIpc) is 2.41. The van der Waals surface area contributed by atoms with E-state index in [4.69, 9.17) is 9.47 Å². The predicted octanol–water partition coefficient (Wildman–Crippen LogP) is 2.19. The van der Waals surface area contributed by atoms with E-state index in [1.54, 1.807) is 0 Å². The smallest absolute Gasteiger partial charge is 0.228 e. The van der Waals surface area contributed by atoms with Crippen LogP contribution in [0.5, 0.6) is 0 Å². The van der Waals surface area contributed by atoms with Gasteiger partial charge in [0.2, 0.25) is 5.91 Å². The Morgan fingerprint density at radius 3 is 2.05 bits per heavy atom. The number of Topliss-reactive ketones (excluding diaryl/α,β-unsaturated/α-hetero) is 1. The summed E-state index contributed by atoms with van der Waals surface area (Å²) in [5.41, 5.74) is -1.13. The number of ketones is 1. The highest BCUT2D eigenvalue weighted by molar-refractivity contribution is 5.84. The maximum atomic E-state index is 12.1. The third-order valence-electron chi connectivity index (χ3n) is 3.35. The Kier molecular flexibility index (Phi) is 8.74. The van der Waals surface area contributed by atoms with E-state index in [9.17, 15) is 9.59 Å². The van der Waals surface area contributed by atoms with E-state index in [0.717, 1.165) is 0 Å². The topological polar surface area (TPSA) is 64.6 Å². The van der Waals surface area contributed by atoms with Crippen LogP contribution in [0.25, 0.3) is 0 Å². The van der Waals surface area contributed by atoms with Crippen LogP contribution in [0, 0.1) is 10.8 Å². The standard InChI is InChI=1S/C16H31NO4/c1-7-13(18)15(3,4)11-21-12-16(5,6)14(19)17-9-10-20-8-2/h7-12H2,1-6H3,(H,17,19). The van der Waals surface area contributed by atoms with E-state index in [1.165, 1.54) is 0 Å². The van der Waals surface area contributed by atoms with Crippen molar-refractivity contribution in [3.05, 3.63) is 0 Å². The fraction of sp³-hybridized carbons (Fsp3) is 0.875. The molecule has 0 rings (SSSR count). The van der Waals surface area contributed by atoms with Crippen LogP contribution in [-0.2, 0) is 19.1 Å². The molecule has 0 atom stereocenters. The molecule has 1 N–H and O–H groups in total. The van der Waals surface area contributed by atoms with Crippen molar-refractivity contribution in [3.63, 3.8) is 0 Å². The van der Waals surface area contributed by atoms with Crippen LogP contribution in [0.1, 0.15) is 48.0 Å². The quantitative estimate of drug-likeness (QED) is 0.594. The van der Waals surface area contributed by atoms with Gasteiger partial charge in [-0.3, -0.25) is 9.59 Å². The molecule has 5 nitrogen and oxygen atoms in total. The van der Waals surface area contributed by atoms with Gasteiger partial charge in [-0.15, -0.1) is 0 Å². The highest BCUT2D eigenvalue weighted by Gasteiger charge is 2.31. The molecule has 0 spiro atoms. The zero-order valence-corrected chi connectivity index (χ0v) is 14.4. The third kappa shape index (κ3) is 7.58. The van der Waals surface area contributed by atoms with Crippen molar-refractivity contribution in [2.24, 2.45) is 10.8 Å². The van der Waals surface area contributed by atoms with Crippen molar-refractivity contribution in [1.29, 1.82) is 0 Å². The number of carbonyl (C=O) groups excluding carboxylic acids is 2. The average molecular weight is 301 g/mol. The minimum absolute atomic E-state index is 0.0678. The summed E-state index contributed by atoms with van der Waals surface area (Å²) >= 11 is 0. The summed E-state index contributed by atoms with van der Waals surface area (Å²) < 4.78 is 10.8. The maximum absolute atomic E-state index is 12.1. The largest absolute Gasteiger partial charge is 0.380 e. The minimum atomic E-state index is -0.627. The highest BCUT2D eigenvalue weighted by atomic mass is 16.5. The van der Waals surface area contributed by atoms with Crippen LogP contribution >= 0.6 is 0 Å². The lowest BCUT2D eigenvalue weighted by atomic mass is 9.87. The minimum Gasteiger partial charge on any atom is -0.380 e. The van der Waals surface area contributed by atoms with Crippen LogP contribution in [0.4, 0.5) is 0 Å². The summed E-state index contributed by atoms with van der Waals surface area (Å²) in [5, 5.41) is 2.83. The summed E-state index contributed by atoms with van der Waals surface area (Å²) in [6.07, 6.45) is 0.498. The van der Waals surface area contributed by atoms with E-state index in [0.29, 0.717) is 32.8 Å². The summed E-state index contributed by atoms with van der Waals surface area (Å²) in [6, 6.07) is 0. The van der Waals surface area contributed by atoms with Crippen LogP contribution in [0.3, 0.4) is 0 Å². The van der Waals surface area contributed by atoms with Crippen LogP contribution in [-0.4, -0.2) is 44.7 Å². The van der Waals surface area contributed by atoms with Gasteiger partial charge >= 0.3 is 0 Å². The van der Waals surface area contributed by atoms with Crippen molar-refractivity contribution in [3.8, 4) is 0 Å². The first kappa shape index (κ1) is 20.1. The number of nitrogens with one attached hydrogen (secondary N) is 1. The number of amides is 1. The molecule has 124 valence electrons. The van der Waals surface area contributed by atoms with Gasteiger partial charge in [0.15, 0.2) is 0 Å². The molecule has 0 aromatic heterocycles. The lowest BCUT2D eigenvalue weighted by Crippen LogP contribution is -2.42. The molecule has 0 bridgehead atoms. The van der Waals surface area contributed by atoms with Crippen molar-refractivity contribution in [1.82, 2.24) is 5.32 Å². The molecule has 0 saturated heterocycles. The number of hydrogen-bond acceptors (Lipinski definition) is 4. The van der Waals surface area contributed by atoms with Gasteiger partial charge in [0.1, 0.15) is 5.78 Å². The lowest BCUT2D eigenvalue weighted by molar-refractivity contribution is -0.136. The molecule has 21 heavy (non-hydrogen) atoms. The molecule has 0 heterocycles. The van der Waals surface area contributed by atoms with Gasteiger partial charge in [-0.2, -0.15) is 0 Å². The van der Waals surface area contributed by atoms with Crippen molar-refractivity contribution in [2.45, 2.75) is 48.0 Å². The Bertz CT molecular complexity index is 337. The first-order valence-electron chi connectivity index (χ1n) is 7.64. The normalized spacial score (nSPS) is 12.3. The van der Waals surface area contributed by atoms with E-state index < -0.39 is 10.8 Å². The van der Waals surface area contributed by atoms with Crippen molar-refractivity contribution >= 4 is 11.7 Å². The van der Waals surface area contributed by atoms with Gasteiger partial charge in [-0.05, 0) is 20.8 Å². The van der Waals surface area contributed by atoms with E-state index in [2.05, 4.69) is 5.32 Å². The van der Waals surface area contributed by atoms with Gasteiger partial charge in [0.25, 0.3) is 0 Å². The Morgan fingerprint density at radius 1 is 0.952 bits per heavy atom. The summed E-state index contributed by atoms with van der Waals surface area (Å²) in [7, 11) is 0. The molecule has 0 radical (unpaired) electrons. The Morgan fingerprint density at radius 2 is 1.52 bits per heavy atom. The zero-order valence-electron chi connectivity index (χ0n) is 14.4. The molecular formula is C16H31NO4. The molecule has 0 aliphatic heterocycles. The fourth-order valence-corrected chi connectivity index (χ4v) is 1.81. The molecule has 1 amide bonds. The predicted molar refractivity (Wildman–Crippen MR) is 83.2 cm³/mol. The molecule has 0 fully saturated rings. The van der Waals surface area contributed by atoms with Gasteiger partial charge in [-0.1, -0.05) is 20.8 Å². The monoisotopic (exact) mass is 301 g/mol. The summed E-state index contributed by atoms with van der Waals surface area (Å²) in [5.74, 6) is 0.100. The second-order valence-corrected chi connectivity index (χ2v) is 6.49. The van der Waals surface area contributed by atoms with Crippen LogP contribution in [0.15, 0.2) is 0 Å². The highest BCUT2D eigenvalue weighted by Crippen LogP contribution is 2.22. The number of rotatable bonds is 11. The Labute approximate surface area is 128 Å². The van der Waals surface area contributed by atoms with Gasteiger partial charge < -0.3 is 14.8 Å². The SMILES string of the molecule is CCOCCNC(=O)C(C)(C)COCC(C)(C)C(=O)CC. The molecular weight excluding hydrogens is 270 g/mol. The molecule has 0 aliphatic carbocycles. The zero-order chi connectivity index (χ0) is 16.5. The molecule has 0 aliphatic rings.